The topological polar surface area (TPSA) is 83.5 Å². The van der Waals surface area contributed by atoms with Crippen molar-refractivity contribution in [1.29, 1.82) is 0 Å². The Morgan fingerprint density at radius 3 is 2.84 bits per heavy atom. The van der Waals surface area contributed by atoms with E-state index in [9.17, 15) is 13.2 Å². The summed E-state index contributed by atoms with van der Waals surface area (Å²) in [5.41, 5.74) is 0.531. The number of sulfone groups is 1. The average molecular weight is 301 g/mol. The minimum atomic E-state index is -3.13. The monoisotopic (exact) mass is 301 g/mol. The van der Waals surface area contributed by atoms with Crippen molar-refractivity contribution in [2.45, 2.75) is 13.0 Å². The highest BCUT2D eigenvalue weighted by molar-refractivity contribution is 7.90. The van der Waals surface area contributed by atoms with Gasteiger partial charge in [-0.05, 0) is 18.4 Å². The van der Waals surface area contributed by atoms with Crippen LogP contribution >= 0.6 is 11.3 Å². The van der Waals surface area contributed by atoms with E-state index in [-0.39, 0.29) is 18.3 Å². The van der Waals surface area contributed by atoms with Crippen molar-refractivity contribution in [3.8, 4) is 11.8 Å². The lowest BCUT2D eigenvalue weighted by Gasteiger charge is -2.12. The zero-order valence-electron chi connectivity index (χ0n) is 10.6. The van der Waals surface area contributed by atoms with Crippen LogP contribution in [0.5, 0.6) is 0 Å². The van der Waals surface area contributed by atoms with Crippen LogP contribution in [0.1, 0.15) is 22.2 Å². The van der Waals surface area contributed by atoms with E-state index in [2.05, 4.69) is 17.2 Å². The molecule has 0 bridgehead atoms. The second-order valence-corrected chi connectivity index (χ2v) is 7.19. The molecule has 1 heterocycles. The molecule has 7 heteroatoms. The smallest absolute Gasteiger partial charge is 0.262 e. The van der Waals surface area contributed by atoms with Crippen molar-refractivity contribution >= 4 is 27.1 Å². The first-order valence-electron chi connectivity index (χ1n) is 5.49. The van der Waals surface area contributed by atoms with Gasteiger partial charge in [-0.15, -0.1) is 11.3 Å². The molecule has 19 heavy (non-hydrogen) atoms. The second-order valence-electron chi connectivity index (χ2n) is 4.09. The predicted molar refractivity (Wildman–Crippen MR) is 74.9 cm³/mol. The number of thiophene rings is 1. The maximum atomic E-state index is 12.0. The Labute approximate surface area is 116 Å². The standard InChI is InChI=1S/C12H15NO4S2/c1-9(8-19(2,16)17)13-12(15)11-10(4-3-6-14)5-7-18-11/h5,7,9,14H,6,8H2,1-2H3,(H,13,15). The molecule has 0 aromatic carbocycles. The van der Waals surface area contributed by atoms with Gasteiger partial charge in [0.15, 0.2) is 0 Å². The molecule has 1 atom stereocenters. The summed E-state index contributed by atoms with van der Waals surface area (Å²) in [5.74, 6) is 4.69. The summed E-state index contributed by atoms with van der Waals surface area (Å²) in [6.07, 6.45) is 1.12. The van der Waals surface area contributed by atoms with Crippen LogP contribution in [0, 0.1) is 11.8 Å². The Kier molecular flexibility index (Phi) is 5.54. The molecule has 1 rings (SSSR count). The van der Waals surface area contributed by atoms with Gasteiger partial charge < -0.3 is 10.4 Å². The first-order valence-corrected chi connectivity index (χ1v) is 8.43. The van der Waals surface area contributed by atoms with Gasteiger partial charge in [0, 0.05) is 17.9 Å². The first-order chi connectivity index (χ1) is 8.83. The van der Waals surface area contributed by atoms with Gasteiger partial charge >= 0.3 is 0 Å². The number of amides is 1. The molecule has 1 aromatic heterocycles. The number of carbonyl (C=O) groups excluding carboxylic acids is 1. The zero-order chi connectivity index (χ0) is 14.5. The molecule has 104 valence electrons. The van der Waals surface area contributed by atoms with E-state index in [0.29, 0.717) is 10.4 Å². The predicted octanol–water partition coefficient (Wildman–Crippen LogP) is 0.255. The summed E-state index contributed by atoms with van der Waals surface area (Å²) in [6.45, 7) is 1.35. The molecule has 2 N–H and O–H groups in total. The molecule has 1 amide bonds. The third kappa shape index (κ3) is 5.42. The number of carbonyl (C=O) groups is 1. The van der Waals surface area contributed by atoms with Gasteiger partial charge in [0.25, 0.3) is 5.91 Å². The zero-order valence-corrected chi connectivity index (χ0v) is 12.3. The Balaban J connectivity index is 2.76. The van der Waals surface area contributed by atoms with Crippen LogP contribution in [0.2, 0.25) is 0 Å². The first kappa shape index (κ1) is 15.7. The normalized spacial score (nSPS) is 12.4. The third-order valence-corrected chi connectivity index (χ3v) is 4.12. The van der Waals surface area contributed by atoms with Crippen LogP contribution in [0.3, 0.4) is 0 Å². The molecule has 0 aliphatic heterocycles. The van der Waals surface area contributed by atoms with Crippen molar-refractivity contribution in [2.75, 3.05) is 18.6 Å². The molecule has 0 fully saturated rings. The van der Waals surface area contributed by atoms with Gasteiger partial charge in [-0.2, -0.15) is 0 Å². The van der Waals surface area contributed by atoms with Gasteiger partial charge in [0.2, 0.25) is 0 Å². The van der Waals surface area contributed by atoms with E-state index in [1.165, 1.54) is 11.3 Å². The van der Waals surface area contributed by atoms with Crippen LogP contribution < -0.4 is 5.32 Å². The van der Waals surface area contributed by atoms with Crippen LogP contribution in [-0.4, -0.2) is 44.1 Å². The highest BCUT2D eigenvalue weighted by atomic mass is 32.2. The van der Waals surface area contributed by atoms with E-state index in [4.69, 9.17) is 5.11 Å². The lowest BCUT2D eigenvalue weighted by Crippen LogP contribution is -2.37. The summed E-state index contributed by atoms with van der Waals surface area (Å²) in [4.78, 5) is 12.4. The minimum Gasteiger partial charge on any atom is -0.384 e. The second kappa shape index (κ2) is 6.70. The Morgan fingerprint density at radius 2 is 2.26 bits per heavy atom. The summed E-state index contributed by atoms with van der Waals surface area (Å²) >= 11 is 1.22. The fourth-order valence-corrected chi connectivity index (χ4v) is 3.25. The van der Waals surface area contributed by atoms with Crippen molar-refractivity contribution in [3.63, 3.8) is 0 Å². The molecule has 0 spiro atoms. The summed E-state index contributed by atoms with van der Waals surface area (Å²) in [5, 5.41) is 13.0. The lowest BCUT2D eigenvalue weighted by atomic mass is 10.2. The fraction of sp³-hybridized carbons (Fsp3) is 0.417. The van der Waals surface area contributed by atoms with Crippen LogP contribution in [0.25, 0.3) is 0 Å². The largest absolute Gasteiger partial charge is 0.384 e. The van der Waals surface area contributed by atoms with Gasteiger partial charge in [-0.3, -0.25) is 4.79 Å². The molecular weight excluding hydrogens is 286 g/mol. The molecule has 0 saturated carbocycles. The Bertz CT molecular complexity index is 607. The highest BCUT2D eigenvalue weighted by Crippen LogP contribution is 2.15. The minimum absolute atomic E-state index is 0.109. The van der Waals surface area contributed by atoms with Crippen molar-refractivity contribution in [3.05, 3.63) is 21.9 Å². The summed E-state index contributed by atoms with van der Waals surface area (Å²) < 4.78 is 22.2. The van der Waals surface area contributed by atoms with E-state index in [1.54, 1.807) is 18.4 Å². The van der Waals surface area contributed by atoms with Crippen molar-refractivity contribution in [1.82, 2.24) is 5.32 Å². The molecule has 1 aromatic rings. The van der Waals surface area contributed by atoms with E-state index in [0.717, 1.165) is 6.26 Å². The molecule has 0 aliphatic carbocycles. The average Bonchev–Trinajstić information content (AvgIpc) is 2.71. The number of rotatable bonds is 4. The fourth-order valence-electron chi connectivity index (χ4n) is 1.50. The van der Waals surface area contributed by atoms with E-state index < -0.39 is 15.9 Å². The van der Waals surface area contributed by atoms with Crippen molar-refractivity contribution < 1.29 is 18.3 Å². The highest BCUT2D eigenvalue weighted by Gasteiger charge is 2.17. The SMILES string of the molecule is CC(CS(C)(=O)=O)NC(=O)c1sccc1C#CCO. The number of aliphatic hydroxyl groups is 1. The van der Waals surface area contributed by atoms with E-state index >= 15 is 0 Å². The molecular formula is C12H15NO4S2. The Hall–Kier alpha value is -1.36. The van der Waals surface area contributed by atoms with Gasteiger partial charge in [0.05, 0.1) is 5.75 Å². The van der Waals surface area contributed by atoms with E-state index in [1.807, 2.05) is 0 Å². The summed E-state index contributed by atoms with van der Waals surface area (Å²) in [7, 11) is -3.13. The number of nitrogens with one attached hydrogen (secondary N) is 1. The van der Waals surface area contributed by atoms with Crippen LogP contribution in [0.4, 0.5) is 0 Å². The maximum Gasteiger partial charge on any atom is 0.262 e. The molecule has 0 radical (unpaired) electrons. The molecule has 1 unspecified atom stereocenters. The number of hydrogen-bond donors (Lipinski definition) is 2. The van der Waals surface area contributed by atoms with Gasteiger partial charge in [-0.1, -0.05) is 11.8 Å². The molecule has 5 nitrogen and oxygen atoms in total. The van der Waals surface area contributed by atoms with Crippen molar-refractivity contribution in [2.24, 2.45) is 0 Å². The van der Waals surface area contributed by atoms with Gasteiger partial charge in [0.1, 0.15) is 21.3 Å². The lowest BCUT2D eigenvalue weighted by molar-refractivity contribution is 0.0947. The quantitative estimate of drug-likeness (QED) is 0.781. The van der Waals surface area contributed by atoms with Gasteiger partial charge in [-0.25, -0.2) is 8.42 Å². The van der Waals surface area contributed by atoms with Crippen LogP contribution in [0.15, 0.2) is 11.4 Å². The Morgan fingerprint density at radius 1 is 1.58 bits per heavy atom. The summed E-state index contributed by atoms with van der Waals surface area (Å²) in [6, 6.07) is 1.21. The number of hydrogen-bond acceptors (Lipinski definition) is 5. The third-order valence-electron chi connectivity index (χ3n) is 2.10. The molecule has 0 saturated heterocycles. The molecule has 0 aliphatic rings. The van der Waals surface area contributed by atoms with Crippen LogP contribution in [-0.2, 0) is 9.84 Å². The maximum absolute atomic E-state index is 12.0. The number of aliphatic hydroxyl groups excluding tert-OH is 1.